The van der Waals surface area contributed by atoms with Crippen LogP contribution in [-0.4, -0.2) is 29.0 Å². The first kappa shape index (κ1) is 26.1. The molecule has 0 aliphatic carbocycles. The summed E-state index contributed by atoms with van der Waals surface area (Å²) in [5.41, 5.74) is 2.99. The van der Waals surface area contributed by atoms with Crippen LogP contribution in [-0.2, 0) is 21.3 Å². The van der Waals surface area contributed by atoms with E-state index in [-0.39, 0.29) is 24.7 Å². The van der Waals surface area contributed by atoms with E-state index in [4.69, 9.17) is 4.74 Å². The number of anilines is 2. The highest BCUT2D eigenvalue weighted by Gasteiger charge is 2.49. The van der Waals surface area contributed by atoms with Crippen molar-refractivity contribution in [3.05, 3.63) is 72.3 Å². The van der Waals surface area contributed by atoms with Crippen molar-refractivity contribution in [1.82, 2.24) is 9.97 Å². The molecule has 0 bridgehead atoms. The Hall–Kier alpha value is -2.97. The lowest BCUT2D eigenvalue weighted by molar-refractivity contribution is 0.350. The van der Waals surface area contributed by atoms with E-state index in [9.17, 15) is 13.0 Å². The number of fused-ring (bicyclic) bond motifs is 2. The number of aryl methyl sites for hydroxylation is 1. The number of hydrogen-bond donors (Lipinski definition) is 1. The minimum atomic E-state index is -4.55. The molecule has 0 spiro atoms. The average molecular weight is 510 g/mol. The van der Waals surface area contributed by atoms with E-state index >= 15 is 0 Å². The van der Waals surface area contributed by atoms with E-state index in [0.717, 1.165) is 42.1 Å². The quantitative estimate of drug-likeness (QED) is 0.284. The molecule has 2 atom stereocenters. The molecule has 3 aromatic rings. The molecule has 8 heteroatoms. The smallest absolute Gasteiger partial charge is 0.278 e. The Morgan fingerprint density at radius 2 is 1.67 bits per heavy atom. The second kappa shape index (κ2) is 11.0. The second-order valence-corrected chi connectivity index (χ2v) is 11.2. The van der Waals surface area contributed by atoms with Gasteiger partial charge in [0.25, 0.3) is 10.1 Å². The lowest BCUT2D eigenvalue weighted by atomic mass is 9.89. The third-order valence-corrected chi connectivity index (χ3v) is 8.38. The minimum absolute atomic E-state index is 0.136. The molecule has 1 N–H and O–H groups in total. The van der Waals surface area contributed by atoms with E-state index < -0.39 is 14.9 Å². The number of para-hydroxylation sites is 2. The fourth-order valence-corrected chi connectivity index (χ4v) is 6.50. The molecule has 2 heterocycles. The van der Waals surface area contributed by atoms with Crippen LogP contribution in [0.4, 0.5) is 11.4 Å². The first-order chi connectivity index (χ1) is 17.3. The molecule has 0 radical (unpaired) electrons. The molecular formula is C28H35N3O4S. The predicted molar refractivity (Wildman–Crippen MR) is 143 cm³/mol. The number of rotatable bonds is 11. The van der Waals surface area contributed by atoms with Gasteiger partial charge in [0.2, 0.25) is 0 Å². The third-order valence-electron chi connectivity index (χ3n) is 6.84. The zero-order chi connectivity index (χ0) is 25.8. The first-order valence-electron chi connectivity index (χ1n) is 12.8. The predicted octanol–water partition coefficient (Wildman–Crippen LogP) is 6.82. The summed E-state index contributed by atoms with van der Waals surface area (Å²) in [4.78, 5) is 10.9. The van der Waals surface area contributed by atoms with Crippen molar-refractivity contribution >= 4 is 21.5 Å². The molecule has 1 aliphatic heterocycles. The van der Waals surface area contributed by atoms with E-state index in [1.807, 2.05) is 37.3 Å². The van der Waals surface area contributed by atoms with Crippen LogP contribution in [0.15, 0.2) is 60.9 Å². The molecule has 4 rings (SSSR count). The second-order valence-electron chi connectivity index (χ2n) is 9.43. The van der Waals surface area contributed by atoms with Crippen molar-refractivity contribution in [2.75, 3.05) is 4.90 Å². The molecule has 0 saturated carbocycles. The zero-order valence-electron chi connectivity index (χ0n) is 21.2. The summed E-state index contributed by atoms with van der Waals surface area (Å²) in [6, 6.07) is 15.4. The summed E-state index contributed by atoms with van der Waals surface area (Å²) < 4.78 is 41.6. The Kier molecular flexibility index (Phi) is 7.95. The van der Waals surface area contributed by atoms with Crippen molar-refractivity contribution in [3.8, 4) is 11.5 Å². The fraction of sp³-hybridized carbons (Fsp3) is 0.429. The minimum Gasteiger partial charge on any atom is -0.453 e. The Balaban J connectivity index is 1.90. The molecule has 2 aromatic carbocycles. The zero-order valence-corrected chi connectivity index (χ0v) is 22.0. The molecule has 0 amide bonds. The molecule has 7 nitrogen and oxygen atoms in total. The Labute approximate surface area is 214 Å². The average Bonchev–Trinajstić information content (AvgIpc) is 2.87. The van der Waals surface area contributed by atoms with Crippen molar-refractivity contribution in [2.24, 2.45) is 0 Å². The van der Waals surface area contributed by atoms with Crippen LogP contribution in [0, 0.1) is 0 Å². The van der Waals surface area contributed by atoms with Crippen molar-refractivity contribution in [2.45, 2.75) is 76.5 Å². The van der Waals surface area contributed by atoms with Gasteiger partial charge in [-0.05, 0) is 61.6 Å². The molecule has 192 valence electrons. The molecule has 0 saturated heterocycles. The summed E-state index contributed by atoms with van der Waals surface area (Å²) >= 11 is 0. The maximum Gasteiger partial charge on any atom is 0.278 e. The van der Waals surface area contributed by atoms with Crippen LogP contribution in [0.1, 0.15) is 70.7 Å². The Morgan fingerprint density at radius 3 is 2.33 bits per heavy atom. The number of hydrogen-bond acceptors (Lipinski definition) is 6. The largest absolute Gasteiger partial charge is 0.453 e. The van der Waals surface area contributed by atoms with Gasteiger partial charge >= 0.3 is 0 Å². The summed E-state index contributed by atoms with van der Waals surface area (Å²) in [7, 11) is -4.55. The van der Waals surface area contributed by atoms with Gasteiger partial charge in [-0.15, -0.1) is 0 Å². The van der Waals surface area contributed by atoms with Crippen molar-refractivity contribution in [3.63, 3.8) is 0 Å². The maximum absolute atomic E-state index is 13.1. The van der Waals surface area contributed by atoms with Crippen LogP contribution in [0.3, 0.4) is 0 Å². The van der Waals surface area contributed by atoms with Crippen molar-refractivity contribution in [1.29, 1.82) is 0 Å². The number of nitrogens with zero attached hydrogens (tertiary/aromatic N) is 3. The lowest BCUT2D eigenvalue weighted by Gasteiger charge is -2.42. The van der Waals surface area contributed by atoms with Crippen LogP contribution in [0.25, 0.3) is 0 Å². The number of aromatic nitrogens is 2. The normalized spacial score (nSPS) is 15.4. The van der Waals surface area contributed by atoms with Gasteiger partial charge in [-0.3, -0.25) is 4.55 Å². The SMILES string of the molecule is CCCc1ccc2c(c1)N(C(CCC)CC(CCC)(c1ncccn1)S(=O)(=O)O)c1ccccc1O2. The standard InChI is InChI=1S/C28H35N3O4S/c1-4-10-21-14-15-26-24(19-21)31(23-12-7-8-13-25(23)35-26)22(11-5-2)20-28(16-6-3,36(32,33)34)27-29-17-9-18-30-27/h7-9,12-15,17-19,22H,4-6,10-11,16,20H2,1-3H3,(H,32,33,34). The van der Waals surface area contributed by atoms with Gasteiger partial charge in [0.15, 0.2) is 22.1 Å². The molecule has 2 unspecified atom stereocenters. The molecule has 1 aliphatic rings. The van der Waals surface area contributed by atoms with Gasteiger partial charge in [-0.1, -0.05) is 58.2 Å². The van der Waals surface area contributed by atoms with E-state index in [1.54, 1.807) is 6.07 Å². The Bertz CT molecular complexity index is 1280. The topological polar surface area (TPSA) is 92.6 Å². The molecule has 0 fully saturated rings. The molecule has 1 aromatic heterocycles. The number of ether oxygens (including phenoxy) is 1. The van der Waals surface area contributed by atoms with Crippen LogP contribution >= 0.6 is 0 Å². The van der Waals surface area contributed by atoms with Gasteiger partial charge in [-0.25, -0.2) is 9.97 Å². The van der Waals surface area contributed by atoms with E-state index in [0.29, 0.717) is 12.8 Å². The van der Waals surface area contributed by atoms with Gasteiger partial charge in [0.05, 0.1) is 11.4 Å². The Morgan fingerprint density at radius 1 is 0.944 bits per heavy atom. The maximum atomic E-state index is 13.1. The fourth-order valence-electron chi connectivity index (χ4n) is 5.30. The summed E-state index contributed by atoms with van der Waals surface area (Å²) in [5, 5.41) is 0. The highest BCUT2D eigenvalue weighted by Crippen LogP contribution is 2.50. The van der Waals surface area contributed by atoms with E-state index in [1.165, 1.54) is 18.0 Å². The van der Waals surface area contributed by atoms with Gasteiger partial charge in [0, 0.05) is 18.4 Å². The summed E-state index contributed by atoms with van der Waals surface area (Å²) in [6.07, 6.45) is 7.46. The molecular weight excluding hydrogens is 474 g/mol. The van der Waals surface area contributed by atoms with Crippen LogP contribution in [0.5, 0.6) is 11.5 Å². The van der Waals surface area contributed by atoms with Gasteiger partial charge in [-0.2, -0.15) is 8.42 Å². The summed E-state index contributed by atoms with van der Waals surface area (Å²) in [6.45, 7) is 6.14. The first-order valence-corrected chi connectivity index (χ1v) is 14.2. The van der Waals surface area contributed by atoms with E-state index in [2.05, 4.69) is 40.8 Å². The van der Waals surface area contributed by atoms with Gasteiger partial charge < -0.3 is 9.64 Å². The lowest BCUT2D eigenvalue weighted by Crippen LogP contribution is -2.45. The molecule has 36 heavy (non-hydrogen) atoms. The highest BCUT2D eigenvalue weighted by molar-refractivity contribution is 7.86. The summed E-state index contributed by atoms with van der Waals surface area (Å²) in [5.74, 6) is 1.59. The highest BCUT2D eigenvalue weighted by atomic mass is 32.2. The van der Waals surface area contributed by atoms with Crippen LogP contribution in [0.2, 0.25) is 0 Å². The van der Waals surface area contributed by atoms with Crippen molar-refractivity contribution < 1.29 is 17.7 Å². The van der Waals surface area contributed by atoms with Gasteiger partial charge in [0.1, 0.15) is 0 Å². The monoisotopic (exact) mass is 509 g/mol. The third kappa shape index (κ3) is 4.97. The van der Waals surface area contributed by atoms with Crippen LogP contribution < -0.4 is 9.64 Å². The number of benzene rings is 2.